The van der Waals surface area contributed by atoms with E-state index in [-0.39, 0.29) is 0 Å². The van der Waals surface area contributed by atoms with E-state index in [0.717, 1.165) is 35.0 Å². The Morgan fingerprint density at radius 3 is 3.05 bits per heavy atom. The second-order valence-electron chi connectivity index (χ2n) is 6.07. The molecule has 1 heterocycles. The number of benzene rings is 1. The van der Waals surface area contributed by atoms with Crippen LogP contribution < -0.4 is 10.5 Å². The molecule has 21 heavy (non-hydrogen) atoms. The molecule has 1 saturated carbocycles. The normalized spacial score (nSPS) is 25.0. The average molecular weight is 311 g/mol. The van der Waals surface area contributed by atoms with Gasteiger partial charge in [-0.3, -0.25) is 4.90 Å². The highest BCUT2D eigenvalue weighted by molar-refractivity contribution is 6.30. The van der Waals surface area contributed by atoms with Gasteiger partial charge >= 0.3 is 0 Å². The van der Waals surface area contributed by atoms with Crippen molar-refractivity contribution in [2.24, 2.45) is 11.7 Å². The molecule has 2 aliphatic rings. The van der Waals surface area contributed by atoms with Crippen LogP contribution in [0, 0.1) is 5.92 Å². The molecule has 5 heteroatoms. The van der Waals surface area contributed by atoms with Gasteiger partial charge in [-0.2, -0.15) is 0 Å². The summed E-state index contributed by atoms with van der Waals surface area (Å²) in [6, 6.07) is 4.50. The minimum atomic E-state index is 0.320. The van der Waals surface area contributed by atoms with Gasteiger partial charge in [0.05, 0.1) is 6.61 Å². The molecule has 0 aromatic heterocycles. The lowest BCUT2D eigenvalue weighted by Gasteiger charge is -2.30. The third kappa shape index (κ3) is 3.19. The van der Waals surface area contributed by atoms with E-state index in [1.165, 1.54) is 19.3 Å². The Morgan fingerprint density at radius 1 is 1.38 bits per heavy atom. The molecule has 116 valence electrons. The van der Waals surface area contributed by atoms with Crippen LogP contribution in [0.5, 0.6) is 5.75 Å². The summed E-state index contributed by atoms with van der Waals surface area (Å²) in [7, 11) is 2.17. The molecule has 0 bridgehead atoms. The van der Waals surface area contributed by atoms with Crippen LogP contribution >= 0.6 is 11.6 Å². The molecule has 0 radical (unpaired) electrons. The van der Waals surface area contributed by atoms with Crippen molar-refractivity contribution in [3.05, 3.63) is 28.3 Å². The fraction of sp³-hybridized carbons (Fsp3) is 0.625. The van der Waals surface area contributed by atoms with Gasteiger partial charge in [0, 0.05) is 28.7 Å². The van der Waals surface area contributed by atoms with E-state index in [4.69, 9.17) is 26.8 Å². The maximum absolute atomic E-state index is 6.23. The predicted octanol–water partition coefficient (Wildman–Crippen LogP) is 2.77. The molecule has 1 aliphatic heterocycles. The highest BCUT2D eigenvalue weighted by atomic mass is 35.5. The van der Waals surface area contributed by atoms with Crippen molar-refractivity contribution in [1.29, 1.82) is 0 Å². The predicted molar refractivity (Wildman–Crippen MR) is 83.4 cm³/mol. The Balaban J connectivity index is 1.79. The van der Waals surface area contributed by atoms with Crippen LogP contribution in [0.1, 0.15) is 30.4 Å². The van der Waals surface area contributed by atoms with Crippen LogP contribution in [-0.2, 0) is 17.9 Å². The Bertz CT molecular complexity index is 509. The molecular weight excluding hydrogens is 288 g/mol. The molecule has 0 spiro atoms. The van der Waals surface area contributed by atoms with Crippen molar-refractivity contribution in [2.45, 2.75) is 38.5 Å². The second-order valence-corrected chi connectivity index (χ2v) is 6.51. The van der Waals surface area contributed by atoms with Gasteiger partial charge in [-0.05, 0) is 44.5 Å². The lowest BCUT2D eigenvalue weighted by Crippen LogP contribution is -2.37. The fourth-order valence-corrected chi connectivity index (χ4v) is 3.90. The van der Waals surface area contributed by atoms with Gasteiger partial charge < -0.3 is 15.2 Å². The molecule has 1 aliphatic carbocycles. The summed E-state index contributed by atoms with van der Waals surface area (Å²) in [4.78, 5) is 2.40. The molecule has 0 saturated heterocycles. The van der Waals surface area contributed by atoms with Gasteiger partial charge in [0.25, 0.3) is 0 Å². The van der Waals surface area contributed by atoms with Crippen molar-refractivity contribution in [1.82, 2.24) is 4.90 Å². The number of hydrogen-bond donors (Lipinski definition) is 1. The zero-order chi connectivity index (χ0) is 14.8. The van der Waals surface area contributed by atoms with Crippen molar-refractivity contribution in [3.8, 4) is 5.75 Å². The molecule has 1 fully saturated rings. The van der Waals surface area contributed by atoms with Gasteiger partial charge in [0.2, 0.25) is 0 Å². The summed E-state index contributed by atoms with van der Waals surface area (Å²) >= 11 is 6.23. The first-order valence-electron chi connectivity index (χ1n) is 7.61. The molecule has 4 nitrogen and oxygen atoms in total. The third-order valence-electron chi connectivity index (χ3n) is 4.66. The van der Waals surface area contributed by atoms with Crippen molar-refractivity contribution >= 4 is 11.6 Å². The standard InChI is InChI=1S/C16H23ClN2O2/c1-19(15-4-2-3-11(15)7-18)8-12-5-14(17)6-13-9-20-10-21-16(12)13/h5-6,11,15H,2-4,7-10,18H2,1H3. The molecular formula is C16H23ClN2O2. The Kier molecular flexibility index (Phi) is 4.69. The lowest BCUT2D eigenvalue weighted by molar-refractivity contribution is -0.0175. The van der Waals surface area contributed by atoms with E-state index in [2.05, 4.69) is 11.9 Å². The minimum Gasteiger partial charge on any atom is -0.467 e. The van der Waals surface area contributed by atoms with E-state index < -0.39 is 0 Å². The smallest absolute Gasteiger partial charge is 0.189 e. The maximum Gasteiger partial charge on any atom is 0.189 e. The van der Waals surface area contributed by atoms with Crippen LogP contribution in [0.2, 0.25) is 5.02 Å². The van der Waals surface area contributed by atoms with Crippen LogP contribution in [0.15, 0.2) is 12.1 Å². The second kappa shape index (κ2) is 6.53. The minimum absolute atomic E-state index is 0.320. The summed E-state index contributed by atoms with van der Waals surface area (Å²) in [5.74, 6) is 1.55. The quantitative estimate of drug-likeness (QED) is 0.929. The number of halogens is 1. The van der Waals surface area contributed by atoms with Gasteiger partial charge in [-0.25, -0.2) is 0 Å². The Hall–Kier alpha value is -0.810. The highest BCUT2D eigenvalue weighted by Crippen LogP contribution is 2.34. The van der Waals surface area contributed by atoms with E-state index in [1.807, 2.05) is 12.1 Å². The number of ether oxygens (including phenoxy) is 2. The Labute approximate surface area is 131 Å². The van der Waals surface area contributed by atoms with E-state index in [1.54, 1.807) is 0 Å². The maximum atomic E-state index is 6.23. The average Bonchev–Trinajstić information content (AvgIpc) is 2.95. The van der Waals surface area contributed by atoms with E-state index in [0.29, 0.717) is 25.4 Å². The van der Waals surface area contributed by atoms with Crippen LogP contribution in [0.3, 0.4) is 0 Å². The monoisotopic (exact) mass is 310 g/mol. The number of nitrogens with two attached hydrogens (primary N) is 1. The van der Waals surface area contributed by atoms with E-state index >= 15 is 0 Å². The van der Waals surface area contributed by atoms with Crippen LogP contribution in [0.4, 0.5) is 0 Å². The van der Waals surface area contributed by atoms with Gasteiger partial charge in [-0.1, -0.05) is 18.0 Å². The van der Waals surface area contributed by atoms with Crippen molar-refractivity contribution in [3.63, 3.8) is 0 Å². The SMILES string of the molecule is CN(Cc1cc(Cl)cc2c1OCOC2)C1CCCC1CN. The first-order chi connectivity index (χ1) is 10.2. The Morgan fingerprint density at radius 2 is 2.24 bits per heavy atom. The van der Waals surface area contributed by atoms with E-state index in [9.17, 15) is 0 Å². The molecule has 2 N–H and O–H groups in total. The lowest BCUT2D eigenvalue weighted by atomic mass is 10.0. The summed E-state index contributed by atoms with van der Waals surface area (Å²) in [5.41, 5.74) is 8.09. The number of rotatable bonds is 4. The number of hydrogen-bond acceptors (Lipinski definition) is 4. The first kappa shape index (κ1) is 15.1. The van der Waals surface area contributed by atoms with Crippen LogP contribution in [-0.4, -0.2) is 31.3 Å². The van der Waals surface area contributed by atoms with Crippen LogP contribution in [0.25, 0.3) is 0 Å². The first-order valence-corrected chi connectivity index (χ1v) is 7.99. The topological polar surface area (TPSA) is 47.7 Å². The van der Waals surface area contributed by atoms with Crippen molar-refractivity contribution in [2.75, 3.05) is 20.4 Å². The zero-order valence-electron chi connectivity index (χ0n) is 12.5. The molecule has 2 unspecified atom stereocenters. The summed E-state index contributed by atoms with van der Waals surface area (Å²) in [6.45, 7) is 2.50. The zero-order valence-corrected chi connectivity index (χ0v) is 13.2. The molecule has 1 aromatic carbocycles. The van der Waals surface area contributed by atoms with Gasteiger partial charge in [0.1, 0.15) is 5.75 Å². The summed E-state index contributed by atoms with van der Waals surface area (Å²) < 4.78 is 11.0. The number of fused-ring (bicyclic) bond motifs is 1. The number of nitrogens with zero attached hydrogens (tertiary/aromatic N) is 1. The largest absolute Gasteiger partial charge is 0.467 e. The molecule has 1 aromatic rings. The molecule has 0 amide bonds. The molecule has 2 atom stereocenters. The van der Waals surface area contributed by atoms with Crippen molar-refractivity contribution < 1.29 is 9.47 Å². The third-order valence-corrected chi connectivity index (χ3v) is 4.88. The highest BCUT2D eigenvalue weighted by Gasteiger charge is 2.30. The van der Waals surface area contributed by atoms with Gasteiger partial charge in [0.15, 0.2) is 6.79 Å². The summed E-state index contributed by atoms with van der Waals surface area (Å²) in [5, 5.41) is 0.744. The van der Waals surface area contributed by atoms with Gasteiger partial charge in [-0.15, -0.1) is 0 Å². The fourth-order valence-electron chi connectivity index (χ4n) is 3.63. The summed E-state index contributed by atoms with van der Waals surface area (Å²) in [6.07, 6.45) is 3.74. The molecule has 3 rings (SSSR count).